The molecule has 1 aliphatic heterocycles. The molecule has 1 heterocycles. The van der Waals surface area contributed by atoms with Gasteiger partial charge in [0.2, 0.25) is 0 Å². The zero-order valence-corrected chi connectivity index (χ0v) is 9.54. The Kier molecular flexibility index (Phi) is 3.93. The molecular weight excluding hydrogens is 196 g/mol. The van der Waals surface area contributed by atoms with Crippen LogP contribution in [0.2, 0.25) is 0 Å². The third kappa shape index (κ3) is 4.05. The number of hydrogen-bond acceptors (Lipinski definition) is 4. The molecule has 0 aromatic rings. The normalized spacial score (nSPS) is 26.4. The van der Waals surface area contributed by atoms with Gasteiger partial charge in [0.05, 0.1) is 6.04 Å². The van der Waals surface area contributed by atoms with E-state index in [9.17, 15) is 4.79 Å². The SMILES string of the molecule is CC(C)(C)OC(=O)NC1CNC[C@@H]1CO. The molecule has 0 aromatic heterocycles. The lowest BCUT2D eigenvalue weighted by atomic mass is 10.1. The Hall–Kier alpha value is -0.810. The average molecular weight is 216 g/mol. The molecule has 0 radical (unpaired) electrons. The largest absolute Gasteiger partial charge is 0.444 e. The van der Waals surface area contributed by atoms with E-state index in [0.717, 1.165) is 6.54 Å². The van der Waals surface area contributed by atoms with Crippen LogP contribution in [-0.4, -0.2) is 42.5 Å². The van der Waals surface area contributed by atoms with Gasteiger partial charge in [-0.05, 0) is 20.8 Å². The molecule has 1 aliphatic rings. The summed E-state index contributed by atoms with van der Waals surface area (Å²) in [7, 11) is 0. The number of nitrogens with one attached hydrogen (secondary N) is 2. The number of carbonyl (C=O) groups is 1. The van der Waals surface area contributed by atoms with Crippen LogP contribution in [0.15, 0.2) is 0 Å². The molecule has 0 aromatic carbocycles. The van der Waals surface area contributed by atoms with Gasteiger partial charge < -0.3 is 20.5 Å². The summed E-state index contributed by atoms with van der Waals surface area (Å²) in [6.07, 6.45) is -0.422. The summed E-state index contributed by atoms with van der Waals surface area (Å²) in [5.74, 6) is 0.0810. The summed E-state index contributed by atoms with van der Waals surface area (Å²) in [4.78, 5) is 11.4. The molecule has 0 spiro atoms. The minimum Gasteiger partial charge on any atom is -0.444 e. The van der Waals surface area contributed by atoms with Crippen molar-refractivity contribution in [2.24, 2.45) is 5.92 Å². The third-order valence-corrected chi connectivity index (χ3v) is 2.28. The predicted molar refractivity (Wildman–Crippen MR) is 56.6 cm³/mol. The van der Waals surface area contributed by atoms with Crippen molar-refractivity contribution in [2.45, 2.75) is 32.4 Å². The lowest BCUT2D eigenvalue weighted by Crippen LogP contribution is -2.43. The Bertz CT molecular complexity index is 225. The van der Waals surface area contributed by atoms with Gasteiger partial charge in [0.15, 0.2) is 0 Å². The van der Waals surface area contributed by atoms with Crippen LogP contribution < -0.4 is 10.6 Å². The number of aliphatic hydroxyl groups excluding tert-OH is 1. The van der Waals surface area contributed by atoms with Crippen molar-refractivity contribution in [2.75, 3.05) is 19.7 Å². The fraction of sp³-hybridized carbons (Fsp3) is 0.900. The van der Waals surface area contributed by atoms with E-state index >= 15 is 0 Å². The van der Waals surface area contributed by atoms with Crippen LogP contribution >= 0.6 is 0 Å². The molecular formula is C10H20N2O3. The zero-order chi connectivity index (χ0) is 11.5. The highest BCUT2D eigenvalue weighted by molar-refractivity contribution is 5.68. The first-order chi connectivity index (χ1) is 6.92. The van der Waals surface area contributed by atoms with Crippen LogP contribution in [0.25, 0.3) is 0 Å². The van der Waals surface area contributed by atoms with Gasteiger partial charge in [-0.2, -0.15) is 0 Å². The highest BCUT2D eigenvalue weighted by atomic mass is 16.6. The van der Waals surface area contributed by atoms with Crippen molar-refractivity contribution in [3.63, 3.8) is 0 Å². The van der Waals surface area contributed by atoms with E-state index in [-0.39, 0.29) is 18.6 Å². The maximum absolute atomic E-state index is 11.4. The number of carbonyl (C=O) groups excluding carboxylic acids is 1. The van der Waals surface area contributed by atoms with Crippen LogP contribution in [0.1, 0.15) is 20.8 Å². The van der Waals surface area contributed by atoms with Crippen LogP contribution in [0, 0.1) is 5.92 Å². The molecule has 1 amide bonds. The molecule has 1 unspecified atom stereocenters. The van der Waals surface area contributed by atoms with E-state index in [1.807, 2.05) is 20.8 Å². The van der Waals surface area contributed by atoms with Gasteiger partial charge in [-0.25, -0.2) is 4.79 Å². The molecule has 88 valence electrons. The Labute approximate surface area is 90.2 Å². The van der Waals surface area contributed by atoms with E-state index in [1.165, 1.54) is 0 Å². The van der Waals surface area contributed by atoms with Crippen molar-refractivity contribution in [1.82, 2.24) is 10.6 Å². The van der Waals surface area contributed by atoms with E-state index in [2.05, 4.69) is 10.6 Å². The van der Waals surface area contributed by atoms with Gasteiger partial charge in [-0.15, -0.1) is 0 Å². The number of alkyl carbamates (subject to hydrolysis) is 1. The topological polar surface area (TPSA) is 70.6 Å². The number of aliphatic hydroxyl groups is 1. The second kappa shape index (κ2) is 4.81. The monoisotopic (exact) mass is 216 g/mol. The second-order valence-electron chi connectivity index (χ2n) is 4.85. The molecule has 15 heavy (non-hydrogen) atoms. The minimum atomic E-state index is -0.481. The molecule has 1 rings (SSSR count). The molecule has 0 saturated carbocycles. The predicted octanol–water partition coefficient (Wildman–Crippen LogP) is 0.0914. The third-order valence-electron chi connectivity index (χ3n) is 2.28. The van der Waals surface area contributed by atoms with Crippen LogP contribution in [0.3, 0.4) is 0 Å². The first-order valence-electron chi connectivity index (χ1n) is 5.23. The van der Waals surface area contributed by atoms with Gasteiger partial charge >= 0.3 is 6.09 Å². The Balaban J connectivity index is 2.37. The van der Waals surface area contributed by atoms with E-state index in [1.54, 1.807) is 0 Å². The average Bonchev–Trinajstić information content (AvgIpc) is 2.48. The summed E-state index contributed by atoms with van der Waals surface area (Å²) in [6.45, 7) is 6.96. The summed E-state index contributed by atoms with van der Waals surface area (Å²) >= 11 is 0. The fourth-order valence-corrected chi connectivity index (χ4v) is 1.55. The number of amides is 1. The fourth-order valence-electron chi connectivity index (χ4n) is 1.55. The number of ether oxygens (including phenoxy) is 1. The smallest absolute Gasteiger partial charge is 0.407 e. The van der Waals surface area contributed by atoms with Crippen LogP contribution in [0.4, 0.5) is 4.79 Å². The summed E-state index contributed by atoms with van der Waals surface area (Å²) < 4.78 is 5.13. The van der Waals surface area contributed by atoms with Gasteiger partial charge in [0, 0.05) is 25.6 Å². The summed E-state index contributed by atoms with van der Waals surface area (Å²) in [5.41, 5.74) is -0.481. The Morgan fingerprint density at radius 3 is 2.73 bits per heavy atom. The Morgan fingerprint density at radius 1 is 1.53 bits per heavy atom. The van der Waals surface area contributed by atoms with E-state index < -0.39 is 11.7 Å². The quantitative estimate of drug-likeness (QED) is 0.612. The van der Waals surface area contributed by atoms with Crippen molar-refractivity contribution < 1.29 is 14.6 Å². The molecule has 3 N–H and O–H groups in total. The first-order valence-corrected chi connectivity index (χ1v) is 5.23. The lowest BCUT2D eigenvalue weighted by molar-refractivity contribution is 0.0488. The van der Waals surface area contributed by atoms with Gasteiger partial charge in [-0.3, -0.25) is 0 Å². The lowest BCUT2D eigenvalue weighted by Gasteiger charge is -2.23. The number of rotatable bonds is 2. The van der Waals surface area contributed by atoms with E-state index in [0.29, 0.717) is 6.54 Å². The highest BCUT2D eigenvalue weighted by Crippen LogP contribution is 2.10. The maximum Gasteiger partial charge on any atom is 0.407 e. The second-order valence-corrected chi connectivity index (χ2v) is 4.85. The molecule has 1 saturated heterocycles. The van der Waals surface area contributed by atoms with Gasteiger partial charge in [-0.1, -0.05) is 0 Å². The minimum absolute atomic E-state index is 0.0372. The van der Waals surface area contributed by atoms with Crippen LogP contribution in [0.5, 0.6) is 0 Å². The number of hydrogen-bond donors (Lipinski definition) is 3. The maximum atomic E-state index is 11.4. The van der Waals surface area contributed by atoms with Crippen molar-refractivity contribution in [3.8, 4) is 0 Å². The molecule has 0 bridgehead atoms. The zero-order valence-electron chi connectivity index (χ0n) is 9.54. The standard InChI is InChI=1S/C10H20N2O3/c1-10(2,3)15-9(14)12-8-5-11-4-7(8)6-13/h7-8,11,13H,4-6H2,1-3H3,(H,12,14)/t7-,8?/m1/s1. The first kappa shape index (κ1) is 12.3. The van der Waals surface area contributed by atoms with Crippen molar-refractivity contribution in [1.29, 1.82) is 0 Å². The van der Waals surface area contributed by atoms with Crippen molar-refractivity contribution in [3.05, 3.63) is 0 Å². The molecule has 5 nitrogen and oxygen atoms in total. The van der Waals surface area contributed by atoms with Gasteiger partial charge in [0.25, 0.3) is 0 Å². The molecule has 2 atom stereocenters. The van der Waals surface area contributed by atoms with E-state index in [4.69, 9.17) is 9.84 Å². The van der Waals surface area contributed by atoms with Crippen LogP contribution in [-0.2, 0) is 4.74 Å². The highest BCUT2D eigenvalue weighted by Gasteiger charge is 2.29. The summed E-state index contributed by atoms with van der Waals surface area (Å²) in [6, 6.07) is -0.0372. The molecule has 5 heteroatoms. The van der Waals surface area contributed by atoms with Crippen molar-refractivity contribution >= 4 is 6.09 Å². The summed E-state index contributed by atoms with van der Waals surface area (Å²) in [5, 5.41) is 14.9. The Morgan fingerprint density at radius 2 is 2.20 bits per heavy atom. The van der Waals surface area contributed by atoms with Gasteiger partial charge in [0.1, 0.15) is 5.60 Å². The molecule has 1 fully saturated rings. The molecule has 0 aliphatic carbocycles.